The highest BCUT2D eigenvalue weighted by molar-refractivity contribution is 8.00. The molecule has 140 valence electrons. The topological polar surface area (TPSA) is 49.3 Å². The molecule has 1 aliphatic heterocycles. The van der Waals surface area contributed by atoms with Crippen molar-refractivity contribution in [2.75, 3.05) is 36.8 Å². The number of aromatic nitrogens is 2. The van der Waals surface area contributed by atoms with Crippen molar-refractivity contribution in [3.8, 4) is 0 Å². The second kappa shape index (κ2) is 7.86. The van der Waals surface area contributed by atoms with Crippen molar-refractivity contribution in [2.24, 2.45) is 0 Å². The summed E-state index contributed by atoms with van der Waals surface area (Å²) in [5.74, 6) is 0.607. The van der Waals surface area contributed by atoms with Gasteiger partial charge < -0.3 is 9.80 Å². The van der Waals surface area contributed by atoms with Crippen LogP contribution in [0.5, 0.6) is 0 Å². The lowest BCUT2D eigenvalue weighted by atomic mass is 10.2. The molecule has 0 bridgehead atoms. The third-order valence-corrected chi connectivity index (χ3v) is 7.11. The van der Waals surface area contributed by atoms with Crippen molar-refractivity contribution in [3.05, 3.63) is 47.1 Å². The molecular weight excluding hydrogens is 376 g/mol. The Labute approximate surface area is 167 Å². The molecule has 3 heterocycles. The summed E-state index contributed by atoms with van der Waals surface area (Å²) in [4.78, 5) is 28.1. The number of hydrogen-bond donors (Lipinski definition) is 0. The number of amides is 1. The van der Waals surface area contributed by atoms with E-state index in [0.29, 0.717) is 5.75 Å². The highest BCUT2D eigenvalue weighted by Gasteiger charge is 2.22. The quantitative estimate of drug-likeness (QED) is 0.495. The lowest BCUT2D eigenvalue weighted by molar-refractivity contribution is -0.128. The standard InChI is InChI=1S/C20H22N4OS2/c1-14-15(2)27-20-18(14)19(21-13-22-20)26-12-17(25)24-10-8-23(9-11-24)16-6-4-3-5-7-16/h3-7,13H,8-12H2,1-2H3. The Morgan fingerprint density at radius 3 is 2.59 bits per heavy atom. The fourth-order valence-electron chi connectivity index (χ4n) is 3.33. The van der Waals surface area contributed by atoms with E-state index in [4.69, 9.17) is 0 Å². The van der Waals surface area contributed by atoms with Crippen LogP contribution in [0, 0.1) is 13.8 Å². The van der Waals surface area contributed by atoms with Crippen LogP contribution < -0.4 is 4.90 Å². The summed E-state index contributed by atoms with van der Waals surface area (Å²) in [6.45, 7) is 7.50. The Hall–Kier alpha value is -2.12. The Balaban J connectivity index is 1.37. The maximum atomic E-state index is 12.7. The summed E-state index contributed by atoms with van der Waals surface area (Å²) in [5.41, 5.74) is 2.45. The Morgan fingerprint density at radius 2 is 1.85 bits per heavy atom. The molecule has 0 radical (unpaired) electrons. The number of aryl methyl sites for hydroxylation is 2. The van der Waals surface area contributed by atoms with Crippen molar-refractivity contribution >= 4 is 44.9 Å². The van der Waals surface area contributed by atoms with E-state index in [1.165, 1.54) is 27.9 Å². The van der Waals surface area contributed by atoms with E-state index in [1.807, 2.05) is 11.0 Å². The zero-order valence-electron chi connectivity index (χ0n) is 15.5. The van der Waals surface area contributed by atoms with Gasteiger partial charge in [-0.2, -0.15) is 0 Å². The molecule has 4 rings (SSSR count). The van der Waals surface area contributed by atoms with Gasteiger partial charge in [-0.15, -0.1) is 11.3 Å². The monoisotopic (exact) mass is 398 g/mol. The third-order valence-electron chi connectivity index (χ3n) is 5.02. The van der Waals surface area contributed by atoms with Gasteiger partial charge >= 0.3 is 0 Å². The molecule has 0 saturated carbocycles. The predicted octanol–water partition coefficient (Wildman–Crippen LogP) is 3.75. The Morgan fingerprint density at radius 1 is 1.11 bits per heavy atom. The molecule has 1 fully saturated rings. The van der Waals surface area contributed by atoms with Gasteiger partial charge in [0, 0.05) is 42.1 Å². The van der Waals surface area contributed by atoms with Crippen molar-refractivity contribution in [1.82, 2.24) is 14.9 Å². The molecule has 0 spiro atoms. The first-order valence-electron chi connectivity index (χ1n) is 9.05. The summed E-state index contributed by atoms with van der Waals surface area (Å²) >= 11 is 3.22. The van der Waals surface area contributed by atoms with Gasteiger partial charge in [-0.1, -0.05) is 30.0 Å². The predicted molar refractivity (Wildman–Crippen MR) is 113 cm³/mol. The van der Waals surface area contributed by atoms with E-state index in [1.54, 1.807) is 17.7 Å². The highest BCUT2D eigenvalue weighted by atomic mass is 32.2. The number of benzene rings is 1. The molecule has 0 aliphatic carbocycles. The first kappa shape index (κ1) is 18.3. The minimum absolute atomic E-state index is 0.184. The maximum Gasteiger partial charge on any atom is 0.233 e. The van der Waals surface area contributed by atoms with Gasteiger partial charge in [0.15, 0.2) is 0 Å². The van der Waals surface area contributed by atoms with Gasteiger partial charge in [-0.3, -0.25) is 4.79 Å². The number of piperazine rings is 1. The fourth-order valence-corrected chi connectivity index (χ4v) is 5.35. The minimum Gasteiger partial charge on any atom is -0.368 e. The van der Waals surface area contributed by atoms with Crippen LogP contribution in [0.4, 0.5) is 5.69 Å². The average molecular weight is 399 g/mol. The highest BCUT2D eigenvalue weighted by Crippen LogP contribution is 2.34. The van der Waals surface area contributed by atoms with Crippen molar-refractivity contribution in [3.63, 3.8) is 0 Å². The Bertz CT molecular complexity index is 949. The molecule has 1 saturated heterocycles. The number of para-hydroxylation sites is 1. The lowest BCUT2D eigenvalue weighted by Gasteiger charge is -2.36. The van der Waals surface area contributed by atoms with Gasteiger partial charge in [0.05, 0.1) is 5.75 Å². The summed E-state index contributed by atoms with van der Waals surface area (Å²) < 4.78 is 0. The van der Waals surface area contributed by atoms with Crippen LogP contribution in [0.2, 0.25) is 0 Å². The number of carbonyl (C=O) groups excluding carboxylic acids is 1. The summed E-state index contributed by atoms with van der Waals surface area (Å²) in [6.07, 6.45) is 1.60. The zero-order chi connectivity index (χ0) is 18.8. The third kappa shape index (κ3) is 3.80. The number of fused-ring (bicyclic) bond motifs is 1. The number of carbonyl (C=O) groups is 1. The van der Waals surface area contributed by atoms with E-state index in [0.717, 1.165) is 41.4 Å². The lowest BCUT2D eigenvalue weighted by Crippen LogP contribution is -2.49. The normalized spacial score (nSPS) is 14.7. The molecule has 0 N–H and O–H groups in total. The van der Waals surface area contributed by atoms with Gasteiger partial charge in [-0.05, 0) is 31.5 Å². The van der Waals surface area contributed by atoms with Crippen LogP contribution in [-0.4, -0.2) is 52.7 Å². The molecule has 5 nitrogen and oxygen atoms in total. The van der Waals surface area contributed by atoms with Crippen LogP contribution in [0.15, 0.2) is 41.7 Å². The van der Waals surface area contributed by atoms with E-state index >= 15 is 0 Å². The van der Waals surface area contributed by atoms with Crippen LogP contribution in [0.3, 0.4) is 0 Å². The van der Waals surface area contributed by atoms with Crippen molar-refractivity contribution in [2.45, 2.75) is 18.9 Å². The molecule has 1 aromatic carbocycles. The zero-order valence-corrected chi connectivity index (χ0v) is 17.1. The molecule has 1 aliphatic rings. The van der Waals surface area contributed by atoms with Gasteiger partial charge in [0.1, 0.15) is 16.2 Å². The van der Waals surface area contributed by atoms with E-state index < -0.39 is 0 Å². The number of nitrogens with zero attached hydrogens (tertiary/aromatic N) is 4. The minimum atomic E-state index is 0.184. The smallest absolute Gasteiger partial charge is 0.233 e. The number of hydrogen-bond acceptors (Lipinski definition) is 6. The molecule has 7 heteroatoms. The van der Waals surface area contributed by atoms with Gasteiger partial charge in [0.25, 0.3) is 0 Å². The molecule has 3 aromatic rings. The van der Waals surface area contributed by atoms with Crippen molar-refractivity contribution in [1.29, 1.82) is 0 Å². The average Bonchev–Trinajstić information content (AvgIpc) is 3.01. The fraction of sp³-hybridized carbons (Fsp3) is 0.350. The summed E-state index contributed by atoms with van der Waals surface area (Å²) in [5, 5.41) is 2.02. The number of rotatable bonds is 4. The number of thioether (sulfide) groups is 1. The molecular formula is C20H22N4OS2. The molecule has 2 aromatic heterocycles. The second-order valence-corrected chi connectivity index (χ2v) is 8.80. The SMILES string of the molecule is Cc1sc2ncnc(SCC(=O)N3CCN(c4ccccc4)CC3)c2c1C. The molecule has 0 atom stereocenters. The second-order valence-electron chi connectivity index (χ2n) is 6.63. The van der Waals surface area contributed by atoms with Gasteiger partial charge in [0.2, 0.25) is 5.91 Å². The Kier molecular flexibility index (Phi) is 5.31. The van der Waals surface area contributed by atoms with E-state index in [-0.39, 0.29) is 5.91 Å². The largest absolute Gasteiger partial charge is 0.368 e. The summed E-state index contributed by atoms with van der Waals surface area (Å²) in [6, 6.07) is 10.4. The van der Waals surface area contributed by atoms with Gasteiger partial charge in [-0.25, -0.2) is 9.97 Å². The molecule has 27 heavy (non-hydrogen) atoms. The van der Waals surface area contributed by atoms with E-state index in [9.17, 15) is 4.79 Å². The number of thiophene rings is 1. The number of anilines is 1. The molecule has 0 unspecified atom stereocenters. The van der Waals surface area contributed by atoms with E-state index in [2.05, 4.69) is 53.0 Å². The van der Waals surface area contributed by atoms with Crippen LogP contribution >= 0.6 is 23.1 Å². The van der Waals surface area contributed by atoms with Crippen molar-refractivity contribution < 1.29 is 4.79 Å². The van der Waals surface area contributed by atoms with Crippen LogP contribution in [0.25, 0.3) is 10.2 Å². The first-order chi connectivity index (χ1) is 13.1. The molecule has 1 amide bonds. The summed E-state index contributed by atoms with van der Waals surface area (Å²) in [7, 11) is 0. The maximum absolute atomic E-state index is 12.7. The van der Waals surface area contributed by atoms with Crippen LogP contribution in [-0.2, 0) is 4.79 Å². The van der Waals surface area contributed by atoms with Crippen LogP contribution in [0.1, 0.15) is 10.4 Å². The first-order valence-corrected chi connectivity index (χ1v) is 10.8.